The number of hydrogen-bond acceptors (Lipinski definition) is 1. The van der Waals surface area contributed by atoms with Crippen molar-refractivity contribution in [1.29, 1.82) is 0 Å². The van der Waals surface area contributed by atoms with E-state index in [4.69, 9.17) is 0 Å². The first kappa shape index (κ1) is 12.2. The molecule has 1 atom stereocenters. The van der Waals surface area contributed by atoms with Crippen LogP contribution < -0.4 is 5.32 Å². The molecule has 0 saturated carbocycles. The molecule has 3 rings (SSSR count). The molecule has 0 spiro atoms. The van der Waals surface area contributed by atoms with Gasteiger partial charge in [0.15, 0.2) is 0 Å². The van der Waals surface area contributed by atoms with Gasteiger partial charge in [-0.15, -0.1) is 0 Å². The van der Waals surface area contributed by atoms with Crippen molar-refractivity contribution in [3.63, 3.8) is 0 Å². The van der Waals surface area contributed by atoms with Gasteiger partial charge in [0.25, 0.3) is 0 Å². The van der Waals surface area contributed by atoms with E-state index >= 15 is 0 Å². The average molecular weight is 259 g/mol. The number of anilines is 1. The summed E-state index contributed by atoms with van der Waals surface area (Å²) in [5, 5.41) is 3.32. The molecule has 0 bridgehead atoms. The quantitative estimate of drug-likeness (QED) is 0.805. The minimum absolute atomic E-state index is 0.189. The Kier molecular flexibility index (Phi) is 2.77. The van der Waals surface area contributed by atoms with Gasteiger partial charge < -0.3 is 5.32 Å². The Hall–Kier alpha value is -1.90. The Bertz CT molecular complexity index is 649. The molecule has 1 aliphatic rings. The second kappa shape index (κ2) is 4.34. The Morgan fingerprint density at radius 2 is 1.89 bits per heavy atom. The van der Waals surface area contributed by atoms with Crippen LogP contribution in [0.25, 0.3) is 0 Å². The molecule has 0 amide bonds. The molecule has 3 heteroatoms. The monoisotopic (exact) mass is 259 g/mol. The molecule has 1 aliphatic heterocycles. The first-order chi connectivity index (χ1) is 9.06. The molecule has 0 radical (unpaired) electrons. The summed E-state index contributed by atoms with van der Waals surface area (Å²) in [6, 6.07) is 7.55. The van der Waals surface area contributed by atoms with Gasteiger partial charge in [0.05, 0.1) is 6.04 Å². The van der Waals surface area contributed by atoms with E-state index in [9.17, 15) is 8.78 Å². The fourth-order valence-corrected chi connectivity index (χ4v) is 2.66. The van der Waals surface area contributed by atoms with Crippen LogP contribution in [-0.2, 0) is 6.42 Å². The lowest BCUT2D eigenvalue weighted by atomic mass is 10.00. The minimum Gasteiger partial charge on any atom is -0.377 e. The van der Waals surface area contributed by atoms with Gasteiger partial charge >= 0.3 is 0 Å². The summed E-state index contributed by atoms with van der Waals surface area (Å²) in [6.45, 7) is 4.10. The van der Waals surface area contributed by atoms with Gasteiger partial charge in [-0.2, -0.15) is 0 Å². The number of aryl methyl sites for hydroxylation is 1. The second-order valence-corrected chi connectivity index (χ2v) is 5.11. The Morgan fingerprint density at radius 3 is 2.68 bits per heavy atom. The lowest BCUT2D eigenvalue weighted by Gasteiger charge is -2.14. The molecule has 98 valence electrons. The maximum atomic E-state index is 13.8. The highest BCUT2D eigenvalue weighted by Crippen LogP contribution is 2.38. The fraction of sp³-hybridized carbons (Fsp3) is 0.250. The van der Waals surface area contributed by atoms with Crippen LogP contribution in [0, 0.1) is 25.5 Å². The van der Waals surface area contributed by atoms with Crippen LogP contribution >= 0.6 is 0 Å². The SMILES string of the molecule is Cc1ccc2c(c1C)NC(c1cc(F)ccc1F)C2. The molecule has 1 N–H and O–H groups in total. The molecule has 1 heterocycles. The highest BCUT2D eigenvalue weighted by Gasteiger charge is 2.26. The predicted molar refractivity (Wildman–Crippen MR) is 72.3 cm³/mol. The van der Waals surface area contributed by atoms with Crippen molar-refractivity contribution in [1.82, 2.24) is 0 Å². The molecule has 0 fully saturated rings. The lowest BCUT2D eigenvalue weighted by Crippen LogP contribution is -2.08. The van der Waals surface area contributed by atoms with E-state index in [2.05, 4.69) is 17.4 Å². The zero-order valence-electron chi connectivity index (χ0n) is 10.9. The van der Waals surface area contributed by atoms with E-state index in [0.717, 1.165) is 17.3 Å². The third-order valence-electron chi connectivity index (χ3n) is 3.90. The van der Waals surface area contributed by atoms with Gasteiger partial charge in [-0.25, -0.2) is 8.78 Å². The summed E-state index contributed by atoms with van der Waals surface area (Å²) < 4.78 is 27.1. The Balaban J connectivity index is 2.00. The molecule has 1 unspecified atom stereocenters. The van der Waals surface area contributed by atoms with E-state index in [0.29, 0.717) is 12.0 Å². The fourth-order valence-electron chi connectivity index (χ4n) is 2.66. The predicted octanol–water partition coefficient (Wildman–Crippen LogP) is 4.29. The molecule has 2 aromatic rings. The van der Waals surface area contributed by atoms with E-state index in [1.807, 2.05) is 13.8 Å². The molecule has 0 aliphatic carbocycles. The van der Waals surface area contributed by atoms with Crippen molar-refractivity contribution in [3.8, 4) is 0 Å². The van der Waals surface area contributed by atoms with Crippen LogP contribution in [0.15, 0.2) is 30.3 Å². The highest BCUT2D eigenvalue weighted by molar-refractivity contribution is 5.65. The normalized spacial score (nSPS) is 17.2. The van der Waals surface area contributed by atoms with Gasteiger partial charge in [-0.05, 0) is 55.2 Å². The molecular formula is C16H15F2N. The van der Waals surface area contributed by atoms with E-state index in [-0.39, 0.29) is 11.9 Å². The van der Waals surface area contributed by atoms with Crippen molar-refractivity contribution in [2.45, 2.75) is 26.3 Å². The molecule has 19 heavy (non-hydrogen) atoms. The third kappa shape index (κ3) is 1.99. The standard InChI is InChI=1S/C16H15F2N/c1-9-3-4-11-7-15(19-16(11)10(9)2)13-8-12(17)5-6-14(13)18/h3-6,8,15,19H,7H2,1-2H3. The van der Waals surface area contributed by atoms with Crippen molar-refractivity contribution >= 4 is 5.69 Å². The number of halogens is 2. The summed E-state index contributed by atoms with van der Waals surface area (Å²) in [6.07, 6.45) is 0.691. The first-order valence-electron chi connectivity index (χ1n) is 6.37. The summed E-state index contributed by atoms with van der Waals surface area (Å²) in [4.78, 5) is 0. The molecular weight excluding hydrogens is 244 g/mol. The Morgan fingerprint density at radius 1 is 1.11 bits per heavy atom. The van der Waals surface area contributed by atoms with Crippen LogP contribution in [0.4, 0.5) is 14.5 Å². The number of rotatable bonds is 1. The summed E-state index contributed by atoms with van der Waals surface area (Å²) >= 11 is 0. The zero-order valence-corrected chi connectivity index (χ0v) is 10.9. The van der Waals surface area contributed by atoms with Crippen LogP contribution in [0.2, 0.25) is 0 Å². The average Bonchev–Trinajstić information content (AvgIpc) is 2.81. The topological polar surface area (TPSA) is 12.0 Å². The molecule has 2 aromatic carbocycles. The minimum atomic E-state index is -0.401. The van der Waals surface area contributed by atoms with Crippen LogP contribution in [0.3, 0.4) is 0 Å². The number of nitrogens with one attached hydrogen (secondary N) is 1. The molecule has 0 aromatic heterocycles. The largest absolute Gasteiger partial charge is 0.377 e. The van der Waals surface area contributed by atoms with Gasteiger partial charge in [0, 0.05) is 11.3 Å². The van der Waals surface area contributed by atoms with Crippen molar-refractivity contribution < 1.29 is 8.78 Å². The summed E-state index contributed by atoms with van der Waals surface area (Å²) in [5.41, 5.74) is 5.00. The van der Waals surface area contributed by atoms with Gasteiger partial charge in [0.2, 0.25) is 0 Å². The maximum Gasteiger partial charge on any atom is 0.128 e. The Labute approximate surface area is 111 Å². The van der Waals surface area contributed by atoms with E-state index in [1.165, 1.54) is 23.3 Å². The zero-order chi connectivity index (χ0) is 13.6. The lowest BCUT2D eigenvalue weighted by molar-refractivity contribution is 0.573. The number of fused-ring (bicyclic) bond motifs is 1. The maximum absolute atomic E-state index is 13.8. The van der Waals surface area contributed by atoms with Crippen molar-refractivity contribution in [2.24, 2.45) is 0 Å². The van der Waals surface area contributed by atoms with Gasteiger partial charge in [-0.3, -0.25) is 0 Å². The van der Waals surface area contributed by atoms with Crippen LogP contribution in [-0.4, -0.2) is 0 Å². The van der Waals surface area contributed by atoms with E-state index in [1.54, 1.807) is 0 Å². The second-order valence-electron chi connectivity index (χ2n) is 5.11. The molecule has 1 nitrogen and oxygen atoms in total. The van der Waals surface area contributed by atoms with Crippen LogP contribution in [0.1, 0.15) is 28.3 Å². The smallest absolute Gasteiger partial charge is 0.128 e. The van der Waals surface area contributed by atoms with Gasteiger partial charge in [0.1, 0.15) is 11.6 Å². The third-order valence-corrected chi connectivity index (χ3v) is 3.90. The first-order valence-corrected chi connectivity index (χ1v) is 6.37. The number of benzene rings is 2. The highest BCUT2D eigenvalue weighted by atomic mass is 19.1. The summed E-state index contributed by atoms with van der Waals surface area (Å²) in [7, 11) is 0. The number of hydrogen-bond donors (Lipinski definition) is 1. The van der Waals surface area contributed by atoms with Crippen LogP contribution in [0.5, 0.6) is 0 Å². The molecule has 0 saturated heterocycles. The van der Waals surface area contributed by atoms with Gasteiger partial charge in [-0.1, -0.05) is 12.1 Å². The van der Waals surface area contributed by atoms with Crippen molar-refractivity contribution in [3.05, 3.63) is 64.2 Å². The van der Waals surface area contributed by atoms with Crippen molar-refractivity contribution in [2.75, 3.05) is 5.32 Å². The summed E-state index contributed by atoms with van der Waals surface area (Å²) in [5.74, 6) is -0.761. The van der Waals surface area contributed by atoms with E-state index < -0.39 is 5.82 Å².